The van der Waals surface area contributed by atoms with E-state index in [4.69, 9.17) is 9.84 Å². The van der Waals surface area contributed by atoms with E-state index < -0.39 is 29.4 Å². The number of esters is 1. The molecule has 0 aromatic heterocycles. The Balaban J connectivity index is 1.91. The molecule has 0 radical (unpaired) electrons. The van der Waals surface area contributed by atoms with E-state index >= 15 is 0 Å². The van der Waals surface area contributed by atoms with Gasteiger partial charge in [0.1, 0.15) is 0 Å². The molecule has 1 saturated carbocycles. The van der Waals surface area contributed by atoms with E-state index in [-0.39, 0.29) is 36.1 Å². The maximum Gasteiger partial charge on any atom is 0.341 e. The zero-order chi connectivity index (χ0) is 21.2. The number of nitrogens with zero attached hydrogens (tertiary/aromatic N) is 1. The van der Waals surface area contributed by atoms with Gasteiger partial charge in [0.2, 0.25) is 0 Å². The molecule has 1 aromatic carbocycles. The van der Waals surface area contributed by atoms with Crippen LogP contribution < -0.4 is 16.0 Å². The Kier molecular flexibility index (Phi) is 8.34. The molecule has 0 bridgehead atoms. The van der Waals surface area contributed by atoms with Gasteiger partial charge in [-0.25, -0.2) is 9.59 Å². The van der Waals surface area contributed by atoms with Crippen LogP contribution in [0.1, 0.15) is 42.5 Å². The minimum absolute atomic E-state index is 0.0177. The Hall–Kier alpha value is -3.21. The van der Waals surface area contributed by atoms with Crippen LogP contribution in [0.15, 0.2) is 18.2 Å². The van der Waals surface area contributed by atoms with Crippen molar-refractivity contribution in [2.45, 2.75) is 38.1 Å². The third kappa shape index (κ3) is 7.03. The summed E-state index contributed by atoms with van der Waals surface area (Å²) in [6.45, 7) is -0.830. The molecule has 3 amide bonds. The first-order valence-electron chi connectivity index (χ1n) is 9.31. The summed E-state index contributed by atoms with van der Waals surface area (Å²) in [7, 11) is 0. The summed E-state index contributed by atoms with van der Waals surface area (Å²) >= 11 is 0. The molecule has 2 rings (SSSR count). The number of aliphatic hydroxyl groups excluding tert-OH is 1. The van der Waals surface area contributed by atoms with Gasteiger partial charge in [-0.05, 0) is 18.9 Å². The van der Waals surface area contributed by atoms with Gasteiger partial charge in [0.05, 0.1) is 17.1 Å². The third-order valence-electron chi connectivity index (χ3n) is 4.39. The van der Waals surface area contributed by atoms with Crippen molar-refractivity contribution in [3.8, 4) is 0 Å². The second kappa shape index (κ2) is 11.0. The molecule has 1 aliphatic carbocycles. The lowest BCUT2D eigenvalue weighted by atomic mass is 9.96. The number of amides is 3. The smallest absolute Gasteiger partial charge is 0.341 e. The summed E-state index contributed by atoms with van der Waals surface area (Å²) in [4.78, 5) is 46.2. The predicted molar refractivity (Wildman–Crippen MR) is 103 cm³/mol. The number of carbonyl (C=O) groups excluding carboxylic acids is 3. The molecule has 11 heteroatoms. The fourth-order valence-corrected chi connectivity index (χ4v) is 3.00. The molecule has 1 aliphatic rings. The van der Waals surface area contributed by atoms with E-state index in [9.17, 15) is 24.5 Å². The highest BCUT2D eigenvalue weighted by molar-refractivity contribution is 5.99. The molecule has 1 fully saturated rings. The number of benzene rings is 1. The maximum atomic E-state index is 12.3. The first-order chi connectivity index (χ1) is 13.9. The van der Waals surface area contributed by atoms with E-state index in [0.29, 0.717) is 0 Å². The normalized spacial score (nSPS) is 14.0. The molecular weight excluding hydrogens is 384 g/mol. The molecule has 0 heterocycles. The average Bonchev–Trinajstić information content (AvgIpc) is 2.70. The van der Waals surface area contributed by atoms with Crippen LogP contribution in [0, 0.1) is 10.1 Å². The summed E-state index contributed by atoms with van der Waals surface area (Å²) in [6.07, 6.45) is 4.88. The summed E-state index contributed by atoms with van der Waals surface area (Å²) in [5.41, 5.74) is -0.278. The van der Waals surface area contributed by atoms with Gasteiger partial charge in [0.25, 0.3) is 11.6 Å². The average molecular weight is 408 g/mol. The molecule has 29 heavy (non-hydrogen) atoms. The molecule has 11 nitrogen and oxygen atoms in total. The van der Waals surface area contributed by atoms with E-state index in [1.807, 2.05) is 0 Å². The first-order valence-corrected chi connectivity index (χ1v) is 9.31. The highest BCUT2D eigenvalue weighted by atomic mass is 16.6. The Morgan fingerprint density at radius 1 is 1.21 bits per heavy atom. The first kappa shape index (κ1) is 22.1. The summed E-state index contributed by atoms with van der Waals surface area (Å²) in [5.74, 6) is -1.79. The number of rotatable bonds is 8. The van der Waals surface area contributed by atoms with Crippen molar-refractivity contribution in [3.05, 3.63) is 33.9 Å². The van der Waals surface area contributed by atoms with Gasteiger partial charge in [0.15, 0.2) is 6.61 Å². The molecule has 0 atom stereocenters. The summed E-state index contributed by atoms with van der Waals surface area (Å²) in [5, 5.41) is 27.4. The number of imide groups is 1. The van der Waals surface area contributed by atoms with E-state index in [2.05, 4.69) is 16.0 Å². The largest absolute Gasteiger partial charge is 0.452 e. The van der Waals surface area contributed by atoms with Gasteiger partial charge in [-0.2, -0.15) is 0 Å². The van der Waals surface area contributed by atoms with Crippen molar-refractivity contribution in [1.29, 1.82) is 0 Å². The van der Waals surface area contributed by atoms with Gasteiger partial charge in [-0.1, -0.05) is 19.3 Å². The number of carbonyl (C=O) groups is 3. The minimum atomic E-state index is -0.975. The third-order valence-corrected chi connectivity index (χ3v) is 4.39. The van der Waals surface area contributed by atoms with Crippen molar-refractivity contribution in [1.82, 2.24) is 10.6 Å². The molecule has 4 N–H and O–H groups in total. The zero-order valence-electron chi connectivity index (χ0n) is 15.8. The van der Waals surface area contributed by atoms with Gasteiger partial charge in [-0.3, -0.25) is 20.2 Å². The maximum absolute atomic E-state index is 12.3. The fourth-order valence-electron chi connectivity index (χ4n) is 3.00. The SMILES string of the molecule is O=C(COC(=O)c1cc([N+](=O)[O-])ccc1NCCO)NC(=O)NC1CCCCC1. The highest BCUT2D eigenvalue weighted by Crippen LogP contribution is 2.23. The molecule has 0 unspecified atom stereocenters. The molecule has 0 spiro atoms. The number of non-ortho nitro benzene ring substituents is 1. The Morgan fingerprint density at radius 2 is 1.93 bits per heavy atom. The fraction of sp³-hybridized carbons (Fsp3) is 0.500. The second-order valence-electron chi connectivity index (χ2n) is 6.57. The topological polar surface area (TPSA) is 160 Å². The number of aliphatic hydroxyl groups is 1. The quantitative estimate of drug-likeness (QED) is 0.284. The van der Waals surface area contributed by atoms with Crippen molar-refractivity contribution in [2.24, 2.45) is 0 Å². The van der Waals surface area contributed by atoms with Crippen LogP contribution in [-0.4, -0.2) is 53.7 Å². The molecule has 1 aromatic rings. The van der Waals surface area contributed by atoms with Gasteiger partial charge >= 0.3 is 12.0 Å². The second-order valence-corrected chi connectivity index (χ2v) is 6.57. The van der Waals surface area contributed by atoms with Crippen LogP contribution in [-0.2, 0) is 9.53 Å². The number of nitro benzene ring substituents is 1. The van der Waals surface area contributed by atoms with Crippen LogP contribution in [0.25, 0.3) is 0 Å². The van der Waals surface area contributed by atoms with E-state index in [1.165, 1.54) is 12.1 Å². The zero-order valence-corrected chi connectivity index (χ0v) is 15.8. The van der Waals surface area contributed by atoms with Gasteiger partial charge < -0.3 is 20.5 Å². The number of hydrogen-bond acceptors (Lipinski definition) is 8. The van der Waals surface area contributed by atoms with E-state index in [0.717, 1.165) is 38.2 Å². The lowest BCUT2D eigenvalue weighted by molar-refractivity contribution is -0.384. The number of hydrogen-bond donors (Lipinski definition) is 4. The Labute approximate surface area is 166 Å². The number of anilines is 1. The van der Waals surface area contributed by atoms with Crippen molar-refractivity contribution in [2.75, 3.05) is 25.1 Å². The molecular formula is C18H24N4O7. The van der Waals surface area contributed by atoms with Gasteiger partial charge in [-0.15, -0.1) is 0 Å². The summed E-state index contributed by atoms with van der Waals surface area (Å²) in [6, 6.07) is 2.87. The highest BCUT2D eigenvalue weighted by Gasteiger charge is 2.20. The molecule has 0 aliphatic heterocycles. The Morgan fingerprint density at radius 3 is 2.59 bits per heavy atom. The van der Waals surface area contributed by atoms with Crippen LogP contribution >= 0.6 is 0 Å². The Bertz CT molecular complexity index is 763. The van der Waals surface area contributed by atoms with Crippen LogP contribution in [0.4, 0.5) is 16.2 Å². The lowest BCUT2D eigenvalue weighted by Gasteiger charge is -2.22. The number of ether oxygens (including phenoxy) is 1. The molecule has 158 valence electrons. The summed E-state index contributed by atoms with van der Waals surface area (Å²) < 4.78 is 4.88. The monoisotopic (exact) mass is 408 g/mol. The van der Waals surface area contributed by atoms with Crippen LogP contribution in [0.2, 0.25) is 0 Å². The van der Waals surface area contributed by atoms with E-state index in [1.54, 1.807) is 0 Å². The van der Waals surface area contributed by atoms with Crippen molar-refractivity contribution >= 4 is 29.3 Å². The number of nitrogens with one attached hydrogen (secondary N) is 3. The minimum Gasteiger partial charge on any atom is -0.452 e. The predicted octanol–water partition coefficient (Wildman–Crippen LogP) is 1.31. The number of nitro groups is 1. The standard InChI is InChI=1S/C18H24N4O7/c23-9-8-19-15-7-6-13(22(27)28)10-14(15)17(25)29-11-16(24)21-18(26)20-12-4-2-1-3-5-12/h6-7,10,12,19,23H,1-5,8-9,11H2,(H2,20,21,24,26). The number of urea groups is 1. The van der Waals surface area contributed by atoms with Crippen LogP contribution in [0.5, 0.6) is 0 Å². The van der Waals surface area contributed by atoms with Crippen LogP contribution in [0.3, 0.4) is 0 Å². The lowest BCUT2D eigenvalue weighted by Crippen LogP contribution is -2.46. The van der Waals surface area contributed by atoms with Crippen molar-refractivity contribution < 1.29 is 29.2 Å². The van der Waals surface area contributed by atoms with Crippen molar-refractivity contribution in [3.63, 3.8) is 0 Å². The molecule has 0 saturated heterocycles. The van der Waals surface area contributed by atoms with Gasteiger partial charge in [0, 0.05) is 30.4 Å².